The van der Waals surface area contributed by atoms with E-state index >= 15 is 0 Å². The first-order valence-electron chi connectivity index (χ1n) is 7.96. The second-order valence-electron chi connectivity index (χ2n) is 5.19. The molecule has 1 rings (SSSR count). The van der Waals surface area contributed by atoms with Gasteiger partial charge in [0.25, 0.3) is 0 Å². The molecule has 0 spiro atoms. The van der Waals surface area contributed by atoms with Gasteiger partial charge in [-0.25, -0.2) is 8.42 Å². The van der Waals surface area contributed by atoms with Crippen molar-refractivity contribution >= 4 is 10.0 Å². The molecular formula is C14H30N2O4S. The summed E-state index contributed by atoms with van der Waals surface area (Å²) in [5.74, 6) is 0.185. The summed E-state index contributed by atoms with van der Waals surface area (Å²) < 4.78 is 36.8. The van der Waals surface area contributed by atoms with E-state index < -0.39 is 10.0 Å². The monoisotopic (exact) mass is 322 g/mol. The highest BCUT2D eigenvalue weighted by atomic mass is 32.2. The molecule has 1 aliphatic carbocycles. The van der Waals surface area contributed by atoms with E-state index in [0.29, 0.717) is 52.0 Å². The van der Waals surface area contributed by atoms with E-state index in [-0.39, 0.29) is 5.75 Å². The Hall–Kier alpha value is -0.210. The van der Waals surface area contributed by atoms with Gasteiger partial charge >= 0.3 is 0 Å². The van der Waals surface area contributed by atoms with Crippen molar-refractivity contribution in [3.05, 3.63) is 0 Å². The molecule has 1 N–H and O–H groups in total. The molecule has 1 fully saturated rings. The maximum atomic E-state index is 12.4. The van der Waals surface area contributed by atoms with E-state index in [1.807, 2.05) is 13.8 Å². The van der Waals surface area contributed by atoms with Gasteiger partial charge < -0.3 is 14.8 Å². The molecule has 0 aromatic rings. The van der Waals surface area contributed by atoms with Crippen LogP contribution in [0, 0.1) is 0 Å². The molecule has 1 aliphatic rings. The van der Waals surface area contributed by atoms with E-state index in [1.165, 1.54) is 17.1 Å². The lowest BCUT2D eigenvalue weighted by molar-refractivity contribution is 0.110. The van der Waals surface area contributed by atoms with Crippen molar-refractivity contribution in [2.75, 3.05) is 51.8 Å². The van der Waals surface area contributed by atoms with Crippen LogP contribution < -0.4 is 5.32 Å². The van der Waals surface area contributed by atoms with E-state index in [0.717, 1.165) is 6.54 Å². The largest absolute Gasteiger partial charge is 0.380 e. The molecule has 0 unspecified atom stereocenters. The van der Waals surface area contributed by atoms with Crippen LogP contribution in [0.3, 0.4) is 0 Å². The third-order valence-corrected chi connectivity index (χ3v) is 5.32. The van der Waals surface area contributed by atoms with Gasteiger partial charge in [0, 0.05) is 32.3 Å². The number of ether oxygens (including phenoxy) is 2. The Morgan fingerprint density at radius 2 is 1.67 bits per heavy atom. The Kier molecular flexibility index (Phi) is 9.42. The van der Waals surface area contributed by atoms with Crippen LogP contribution in [0.15, 0.2) is 0 Å². The second kappa shape index (κ2) is 10.5. The number of hydrogen-bond donors (Lipinski definition) is 1. The zero-order valence-electron chi connectivity index (χ0n) is 13.3. The highest BCUT2D eigenvalue weighted by Crippen LogP contribution is 2.18. The first-order valence-corrected chi connectivity index (χ1v) is 9.57. The summed E-state index contributed by atoms with van der Waals surface area (Å²) in [5, 5.41) is 3.34. The SMILES string of the molecule is CCOCCN(CCOCC)S(=O)(=O)CCCNC1CC1. The summed E-state index contributed by atoms with van der Waals surface area (Å²) in [5.41, 5.74) is 0. The van der Waals surface area contributed by atoms with Crippen molar-refractivity contribution in [2.45, 2.75) is 39.2 Å². The van der Waals surface area contributed by atoms with Crippen LogP contribution in [0.4, 0.5) is 0 Å². The predicted octanol–water partition coefficient (Wildman–Crippen LogP) is 0.833. The molecule has 0 amide bonds. The molecular weight excluding hydrogens is 292 g/mol. The Balaban J connectivity index is 2.34. The minimum Gasteiger partial charge on any atom is -0.380 e. The van der Waals surface area contributed by atoms with Gasteiger partial charge in [-0.15, -0.1) is 0 Å². The Bertz CT molecular complexity index is 348. The number of rotatable bonds is 14. The molecule has 0 atom stereocenters. The second-order valence-corrected chi connectivity index (χ2v) is 7.28. The van der Waals surface area contributed by atoms with Crippen LogP contribution in [0.25, 0.3) is 0 Å². The summed E-state index contributed by atoms with van der Waals surface area (Å²) >= 11 is 0. The minimum absolute atomic E-state index is 0.185. The van der Waals surface area contributed by atoms with Crippen molar-refractivity contribution in [2.24, 2.45) is 0 Å². The molecule has 126 valence electrons. The van der Waals surface area contributed by atoms with Crippen LogP contribution >= 0.6 is 0 Å². The first kappa shape index (κ1) is 18.8. The van der Waals surface area contributed by atoms with Gasteiger partial charge in [-0.3, -0.25) is 0 Å². The highest BCUT2D eigenvalue weighted by molar-refractivity contribution is 7.89. The quantitative estimate of drug-likeness (QED) is 0.480. The fraction of sp³-hybridized carbons (Fsp3) is 1.00. The van der Waals surface area contributed by atoms with Gasteiger partial charge in [0.05, 0.1) is 19.0 Å². The highest BCUT2D eigenvalue weighted by Gasteiger charge is 2.23. The molecule has 0 saturated heterocycles. The van der Waals surface area contributed by atoms with E-state index in [1.54, 1.807) is 0 Å². The summed E-state index contributed by atoms with van der Waals surface area (Å²) in [6, 6.07) is 0.625. The Labute approximate surface area is 129 Å². The van der Waals surface area contributed by atoms with Crippen LogP contribution in [0.5, 0.6) is 0 Å². The van der Waals surface area contributed by atoms with Crippen LogP contribution in [-0.2, 0) is 19.5 Å². The van der Waals surface area contributed by atoms with Crippen molar-refractivity contribution < 1.29 is 17.9 Å². The maximum absolute atomic E-state index is 12.4. The van der Waals surface area contributed by atoms with Gasteiger partial charge in [0.15, 0.2) is 0 Å². The summed E-state index contributed by atoms with van der Waals surface area (Å²) in [7, 11) is -3.23. The third kappa shape index (κ3) is 8.73. The number of hydrogen-bond acceptors (Lipinski definition) is 5. The molecule has 7 heteroatoms. The lowest BCUT2D eigenvalue weighted by Crippen LogP contribution is -2.38. The Morgan fingerprint density at radius 1 is 1.10 bits per heavy atom. The summed E-state index contributed by atoms with van der Waals surface area (Å²) in [4.78, 5) is 0. The molecule has 0 aliphatic heterocycles. The minimum atomic E-state index is -3.23. The fourth-order valence-corrected chi connectivity index (χ4v) is 3.46. The molecule has 21 heavy (non-hydrogen) atoms. The third-order valence-electron chi connectivity index (χ3n) is 3.36. The molecule has 1 saturated carbocycles. The van der Waals surface area contributed by atoms with Gasteiger partial charge in [-0.2, -0.15) is 4.31 Å². The maximum Gasteiger partial charge on any atom is 0.214 e. The van der Waals surface area contributed by atoms with E-state index in [9.17, 15) is 8.42 Å². The molecule has 0 heterocycles. The standard InChI is InChI=1S/C14H30N2O4S/c1-3-19-11-9-16(10-12-20-4-2)21(17,18)13-5-8-15-14-6-7-14/h14-15H,3-13H2,1-2H3. The normalized spacial score (nSPS) is 15.8. The zero-order chi connectivity index (χ0) is 15.6. The van der Waals surface area contributed by atoms with Crippen molar-refractivity contribution in [1.82, 2.24) is 9.62 Å². The fourth-order valence-electron chi connectivity index (χ4n) is 1.99. The predicted molar refractivity (Wildman–Crippen MR) is 84.0 cm³/mol. The number of sulfonamides is 1. The van der Waals surface area contributed by atoms with Gasteiger partial charge in [0.1, 0.15) is 0 Å². The van der Waals surface area contributed by atoms with Gasteiger partial charge in [-0.1, -0.05) is 0 Å². The van der Waals surface area contributed by atoms with Crippen molar-refractivity contribution in [3.8, 4) is 0 Å². The van der Waals surface area contributed by atoms with Crippen molar-refractivity contribution in [3.63, 3.8) is 0 Å². The van der Waals surface area contributed by atoms with Gasteiger partial charge in [-0.05, 0) is 39.7 Å². The Morgan fingerprint density at radius 3 is 2.14 bits per heavy atom. The molecule has 0 bridgehead atoms. The van der Waals surface area contributed by atoms with Gasteiger partial charge in [0.2, 0.25) is 10.0 Å². The average molecular weight is 322 g/mol. The van der Waals surface area contributed by atoms with E-state index in [2.05, 4.69) is 5.32 Å². The topological polar surface area (TPSA) is 67.9 Å². The lowest BCUT2D eigenvalue weighted by Gasteiger charge is -2.22. The molecule has 0 aromatic heterocycles. The average Bonchev–Trinajstić information content (AvgIpc) is 3.26. The zero-order valence-corrected chi connectivity index (χ0v) is 14.2. The van der Waals surface area contributed by atoms with Crippen molar-refractivity contribution in [1.29, 1.82) is 0 Å². The van der Waals surface area contributed by atoms with Crippen LogP contribution in [0.1, 0.15) is 33.1 Å². The summed E-state index contributed by atoms with van der Waals surface area (Å²) in [6.45, 7) is 7.46. The van der Waals surface area contributed by atoms with E-state index in [4.69, 9.17) is 9.47 Å². The number of nitrogens with one attached hydrogen (secondary N) is 1. The van der Waals surface area contributed by atoms with Crippen LogP contribution in [-0.4, -0.2) is 70.6 Å². The lowest BCUT2D eigenvalue weighted by atomic mass is 10.5. The smallest absolute Gasteiger partial charge is 0.214 e. The molecule has 0 aromatic carbocycles. The van der Waals surface area contributed by atoms with Crippen LogP contribution in [0.2, 0.25) is 0 Å². The molecule has 0 radical (unpaired) electrons. The first-order chi connectivity index (χ1) is 10.1. The molecule has 6 nitrogen and oxygen atoms in total. The number of nitrogens with zero attached hydrogens (tertiary/aromatic N) is 1. The summed E-state index contributed by atoms with van der Waals surface area (Å²) in [6.07, 6.45) is 3.10.